The molecule has 4 rings (SSSR count). The van der Waals surface area contributed by atoms with Crippen LogP contribution in [0.5, 0.6) is 11.5 Å². The molecule has 164 valence electrons. The summed E-state index contributed by atoms with van der Waals surface area (Å²) in [6, 6.07) is 7.97. The lowest BCUT2D eigenvalue weighted by Crippen LogP contribution is -2.45. The maximum atomic E-state index is 13.7. The maximum Gasteiger partial charge on any atom is 0.313 e. The molecular weight excluding hydrogens is 412 g/mol. The number of amides is 2. The number of halogens is 2. The Morgan fingerprint density at radius 3 is 2.55 bits per heavy atom. The average Bonchev–Trinajstić information content (AvgIpc) is 3.24. The van der Waals surface area contributed by atoms with Crippen molar-refractivity contribution in [2.45, 2.75) is 6.04 Å². The van der Waals surface area contributed by atoms with Crippen LogP contribution in [0.15, 0.2) is 36.4 Å². The number of morpholine rings is 1. The molecule has 0 unspecified atom stereocenters. The number of nitrogens with zero attached hydrogens (tertiary/aromatic N) is 1. The van der Waals surface area contributed by atoms with E-state index in [0.717, 1.165) is 17.7 Å². The van der Waals surface area contributed by atoms with Crippen molar-refractivity contribution >= 4 is 17.5 Å². The van der Waals surface area contributed by atoms with Crippen LogP contribution >= 0.6 is 0 Å². The summed E-state index contributed by atoms with van der Waals surface area (Å²) in [7, 11) is 0. The van der Waals surface area contributed by atoms with Gasteiger partial charge in [-0.1, -0.05) is 6.07 Å². The topological polar surface area (TPSA) is 89.1 Å². The van der Waals surface area contributed by atoms with E-state index in [1.165, 1.54) is 0 Å². The highest BCUT2D eigenvalue weighted by Crippen LogP contribution is 2.35. The van der Waals surface area contributed by atoms with Crippen molar-refractivity contribution in [3.05, 3.63) is 53.6 Å². The van der Waals surface area contributed by atoms with Crippen molar-refractivity contribution in [2.24, 2.45) is 0 Å². The summed E-state index contributed by atoms with van der Waals surface area (Å²) >= 11 is 0. The number of anilines is 1. The van der Waals surface area contributed by atoms with Gasteiger partial charge in [0.1, 0.15) is 11.6 Å². The van der Waals surface area contributed by atoms with E-state index in [4.69, 9.17) is 14.2 Å². The predicted molar refractivity (Wildman–Crippen MR) is 106 cm³/mol. The van der Waals surface area contributed by atoms with Gasteiger partial charge in [0.2, 0.25) is 6.79 Å². The molecule has 10 heteroatoms. The first-order chi connectivity index (χ1) is 15.0. The molecular formula is C21H21F2N3O5. The third-order valence-corrected chi connectivity index (χ3v) is 5.11. The summed E-state index contributed by atoms with van der Waals surface area (Å²) in [5.41, 5.74) is 0.610. The zero-order valence-electron chi connectivity index (χ0n) is 16.5. The van der Waals surface area contributed by atoms with Crippen molar-refractivity contribution in [1.82, 2.24) is 10.2 Å². The zero-order chi connectivity index (χ0) is 21.8. The fourth-order valence-corrected chi connectivity index (χ4v) is 3.51. The standard InChI is InChI=1S/C21H21F2N3O5/c22-14-2-3-16(15(23)10-14)25-21(28)20(27)24-11-17(26-5-7-29-8-6-26)13-1-4-18-19(9-13)31-12-30-18/h1-4,9-10,17H,5-8,11-12H2,(H,24,27)(H,25,28)/t17-/m1/s1. The lowest BCUT2D eigenvalue weighted by atomic mass is 10.0. The molecule has 0 bridgehead atoms. The molecule has 0 aliphatic carbocycles. The number of rotatable bonds is 5. The van der Waals surface area contributed by atoms with Gasteiger partial charge in [-0.25, -0.2) is 8.78 Å². The molecule has 2 amide bonds. The second kappa shape index (κ2) is 9.27. The van der Waals surface area contributed by atoms with E-state index in [0.29, 0.717) is 43.9 Å². The Bertz CT molecular complexity index is 981. The van der Waals surface area contributed by atoms with Crippen molar-refractivity contribution in [3.63, 3.8) is 0 Å². The van der Waals surface area contributed by atoms with Gasteiger partial charge in [0.25, 0.3) is 0 Å². The molecule has 1 fully saturated rings. The zero-order valence-corrected chi connectivity index (χ0v) is 16.5. The van der Waals surface area contributed by atoms with Crippen molar-refractivity contribution in [2.75, 3.05) is 45.0 Å². The second-order valence-corrected chi connectivity index (χ2v) is 7.07. The van der Waals surface area contributed by atoms with Crippen LogP contribution in [0.4, 0.5) is 14.5 Å². The number of nitrogens with one attached hydrogen (secondary N) is 2. The quantitative estimate of drug-likeness (QED) is 0.700. The van der Waals surface area contributed by atoms with Crippen LogP contribution in [0.25, 0.3) is 0 Å². The van der Waals surface area contributed by atoms with E-state index in [-0.39, 0.29) is 25.1 Å². The third kappa shape index (κ3) is 4.92. The summed E-state index contributed by atoms with van der Waals surface area (Å²) in [6.45, 7) is 2.71. The van der Waals surface area contributed by atoms with Gasteiger partial charge in [-0.05, 0) is 29.8 Å². The molecule has 0 radical (unpaired) electrons. The smallest absolute Gasteiger partial charge is 0.313 e. The molecule has 8 nitrogen and oxygen atoms in total. The van der Waals surface area contributed by atoms with E-state index >= 15 is 0 Å². The lowest BCUT2D eigenvalue weighted by molar-refractivity contribution is -0.136. The summed E-state index contributed by atoms with van der Waals surface area (Å²) in [6.07, 6.45) is 0. The van der Waals surface area contributed by atoms with Crippen LogP contribution in [0, 0.1) is 11.6 Å². The Morgan fingerprint density at radius 1 is 1.00 bits per heavy atom. The van der Waals surface area contributed by atoms with Crippen LogP contribution in [-0.4, -0.2) is 56.4 Å². The van der Waals surface area contributed by atoms with Gasteiger partial charge in [-0.2, -0.15) is 0 Å². The van der Waals surface area contributed by atoms with E-state index in [1.807, 2.05) is 12.1 Å². The first-order valence-electron chi connectivity index (χ1n) is 9.77. The van der Waals surface area contributed by atoms with Gasteiger partial charge in [0.05, 0.1) is 24.9 Å². The molecule has 1 atom stereocenters. The minimum absolute atomic E-state index is 0.137. The Balaban J connectivity index is 1.44. The van der Waals surface area contributed by atoms with Crippen LogP contribution < -0.4 is 20.1 Å². The molecule has 0 saturated carbocycles. The number of ether oxygens (including phenoxy) is 3. The molecule has 1 saturated heterocycles. The van der Waals surface area contributed by atoms with Gasteiger partial charge in [0.15, 0.2) is 11.5 Å². The SMILES string of the molecule is O=C(NC[C@H](c1ccc2c(c1)OCO2)N1CCOCC1)C(=O)Nc1ccc(F)cc1F. The highest BCUT2D eigenvalue weighted by Gasteiger charge is 2.26. The predicted octanol–water partition coefficient (Wildman–Crippen LogP) is 1.82. The van der Waals surface area contributed by atoms with Crippen molar-refractivity contribution in [3.8, 4) is 11.5 Å². The summed E-state index contributed by atoms with van der Waals surface area (Å²) < 4.78 is 43.0. The minimum atomic E-state index is -1.04. The molecule has 2 aromatic rings. The Morgan fingerprint density at radius 2 is 1.77 bits per heavy atom. The first-order valence-corrected chi connectivity index (χ1v) is 9.77. The van der Waals surface area contributed by atoms with Crippen LogP contribution in [-0.2, 0) is 14.3 Å². The lowest BCUT2D eigenvalue weighted by Gasteiger charge is -2.34. The average molecular weight is 433 g/mol. The number of hydrogen-bond donors (Lipinski definition) is 2. The van der Waals surface area contributed by atoms with Crippen molar-refractivity contribution < 1.29 is 32.6 Å². The Labute approximate surface area is 177 Å². The molecule has 0 spiro atoms. The number of hydrogen-bond acceptors (Lipinski definition) is 6. The fourth-order valence-electron chi connectivity index (χ4n) is 3.51. The fraction of sp³-hybridized carbons (Fsp3) is 0.333. The molecule has 2 N–H and O–H groups in total. The molecule has 0 aromatic heterocycles. The minimum Gasteiger partial charge on any atom is -0.454 e. The first kappa shape index (κ1) is 21.0. The largest absolute Gasteiger partial charge is 0.454 e. The second-order valence-electron chi connectivity index (χ2n) is 7.07. The monoisotopic (exact) mass is 433 g/mol. The Kier molecular flexibility index (Phi) is 6.28. The molecule has 2 aliphatic rings. The van der Waals surface area contributed by atoms with Crippen LogP contribution in [0.2, 0.25) is 0 Å². The molecule has 2 aliphatic heterocycles. The highest BCUT2D eigenvalue weighted by atomic mass is 19.1. The van der Waals surface area contributed by atoms with Gasteiger partial charge < -0.3 is 24.8 Å². The third-order valence-electron chi connectivity index (χ3n) is 5.11. The summed E-state index contributed by atoms with van der Waals surface area (Å²) in [5, 5.41) is 4.75. The highest BCUT2D eigenvalue weighted by molar-refractivity contribution is 6.39. The van der Waals surface area contributed by atoms with Crippen molar-refractivity contribution in [1.29, 1.82) is 0 Å². The normalized spacial score (nSPS) is 16.6. The molecule has 2 aromatic carbocycles. The number of carbonyl (C=O) groups is 2. The number of benzene rings is 2. The van der Waals surface area contributed by atoms with Crippen LogP contribution in [0.3, 0.4) is 0 Å². The maximum absolute atomic E-state index is 13.7. The number of carbonyl (C=O) groups excluding carboxylic acids is 2. The van der Waals surface area contributed by atoms with E-state index in [2.05, 4.69) is 15.5 Å². The van der Waals surface area contributed by atoms with E-state index < -0.39 is 23.4 Å². The van der Waals surface area contributed by atoms with Gasteiger partial charge >= 0.3 is 11.8 Å². The van der Waals surface area contributed by atoms with Gasteiger partial charge in [-0.15, -0.1) is 0 Å². The Hall–Kier alpha value is -3.24. The molecule has 31 heavy (non-hydrogen) atoms. The van der Waals surface area contributed by atoms with E-state index in [9.17, 15) is 18.4 Å². The van der Waals surface area contributed by atoms with Gasteiger partial charge in [-0.3, -0.25) is 14.5 Å². The number of fused-ring (bicyclic) bond motifs is 1. The molecule has 2 heterocycles. The van der Waals surface area contributed by atoms with Crippen LogP contribution in [0.1, 0.15) is 11.6 Å². The summed E-state index contributed by atoms with van der Waals surface area (Å²) in [4.78, 5) is 26.6. The summed E-state index contributed by atoms with van der Waals surface area (Å²) in [5.74, 6) is -2.45. The van der Waals surface area contributed by atoms with E-state index in [1.54, 1.807) is 6.07 Å². The van der Waals surface area contributed by atoms with Gasteiger partial charge in [0, 0.05) is 25.7 Å².